The lowest BCUT2D eigenvalue weighted by Gasteiger charge is -2.14. The van der Waals surface area contributed by atoms with E-state index in [1.165, 1.54) is 5.20 Å². The van der Waals surface area contributed by atoms with Crippen LogP contribution >= 0.6 is 0 Å². The minimum Gasteiger partial charge on any atom is -0.122 e. The second-order valence-corrected chi connectivity index (χ2v) is 8.76. The molecule has 0 aliphatic heterocycles. The van der Waals surface area contributed by atoms with Crippen molar-refractivity contribution in [1.29, 1.82) is 0 Å². The third-order valence-electron chi connectivity index (χ3n) is 1.63. The first kappa shape index (κ1) is 8.31. The summed E-state index contributed by atoms with van der Waals surface area (Å²) in [5.41, 5.74) is 3.30. The molecule has 0 spiro atoms. The summed E-state index contributed by atoms with van der Waals surface area (Å²) in [7, 11) is -1.14. The quantitative estimate of drug-likeness (QED) is 0.410. The first-order chi connectivity index (χ1) is 5.11. The van der Waals surface area contributed by atoms with E-state index in [1.54, 1.807) is 0 Å². The fourth-order valence-electron chi connectivity index (χ4n) is 0.924. The molecule has 0 saturated heterocycles. The van der Waals surface area contributed by atoms with Crippen LogP contribution in [0.3, 0.4) is 0 Å². The molecule has 1 heteroatoms. The summed E-state index contributed by atoms with van der Waals surface area (Å²) >= 11 is 0. The highest BCUT2D eigenvalue weighted by atomic mass is 28.3. The Morgan fingerprint density at radius 3 is 2.45 bits per heavy atom. The Balaban J connectivity index is 2.99. The fraction of sp³-hybridized carbons (Fsp3) is 0.300. The molecule has 0 unspecified atom stereocenters. The monoisotopic (exact) mass is 162 g/mol. The van der Waals surface area contributed by atoms with Crippen LogP contribution in [-0.4, -0.2) is 8.07 Å². The van der Waals surface area contributed by atoms with Gasteiger partial charge in [0, 0.05) is 0 Å². The molecule has 1 rings (SSSR count). The van der Waals surface area contributed by atoms with Crippen molar-refractivity contribution in [3.05, 3.63) is 41.3 Å². The summed E-state index contributed by atoms with van der Waals surface area (Å²) in [6.45, 7) is 7.00. The first-order valence-corrected chi connectivity index (χ1v) is 7.41. The van der Waals surface area contributed by atoms with E-state index in [0.29, 0.717) is 0 Å². The Kier molecular flexibility index (Phi) is 2.33. The van der Waals surface area contributed by atoms with Gasteiger partial charge in [0.1, 0.15) is 0 Å². The number of hydrogen-bond acceptors (Lipinski definition) is 0. The average molecular weight is 162 g/mol. The standard InChI is InChI=1S/C10H14Si/c1-11(2,3)10-8-6-4-5-7-9-10/h4-8H,1-3H3. The lowest BCUT2D eigenvalue weighted by atomic mass is 10.5. The average Bonchev–Trinajstić information content (AvgIpc) is 2.10. The highest BCUT2D eigenvalue weighted by Crippen LogP contribution is 2.15. The van der Waals surface area contributed by atoms with Crippen molar-refractivity contribution in [1.82, 2.24) is 0 Å². The Morgan fingerprint density at radius 1 is 1.09 bits per heavy atom. The molecule has 0 aromatic rings. The lowest BCUT2D eigenvalue weighted by molar-refractivity contribution is 1.67. The van der Waals surface area contributed by atoms with E-state index in [-0.39, 0.29) is 0 Å². The number of rotatable bonds is 1. The predicted molar refractivity (Wildman–Crippen MR) is 53.2 cm³/mol. The minimum absolute atomic E-state index is 1.14. The van der Waals surface area contributed by atoms with Crippen molar-refractivity contribution in [3.8, 4) is 0 Å². The van der Waals surface area contributed by atoms with Crippen molar-refractivity contribution in [2.75, 3.05) is 0 Å². The van der Waals surface area contributed by atoms with Crippen molar-refractivity contribution in [3.63, 3.8) is 0 Å². The third-order valence-corrected chi connectivity index (χ3v) is 3.56. The maximum atomic E-state index is 3.30. The molecule has 0 saturated carbocycles. The predicted octanol–water partition coefficient (Wildman–Crippen LogP) is 3.07. The molecular formula is C10H14Si. The number of hydrogen-bond donors (Lipinski definition) is 0. The first-order valence-electron chi connectivity index (χ1n) is 3.91. The maximum Gasteiger partial charge on any atom is 0.0875 e. The second kappa shape index (κ2) is 3.08. The molecule has 58 valence electrons. The molecule has 0 aromatic carbocycles. The molecule has 0 aromatic heterocycles. The van der Waals surface area contributed by atoms with Gasteiger partial charge in [-0.15, -0.1) is 5.73 Å². The van der Waals surface area contributed by atoms with Gasteiger partial charge in [0.25, 0.3) is 0 Å². The SMILES string of the molecule is C[Si](C)(C)C1=C=CC=CC=C1. The van der Waals surface area contributed by atoms with Gasteiger partial charge in [-0.05, 0) is 11.3 Å². The summed E-state index contributed by atoms with van der Waals surface area (Å²) in [5.74, 6) is 0. The summed E-state index contributed by atoms with van der Waals surface area (Å²) < 4.78 is 0. The van der Waals surface area contributed by atoms with E-state index in [2.05, 4.69) is 37.5 Å². The van der Waals surface area contributed by atoms with Crippen molar-refractivity contribution >= 4 is 8.07 Å². The van der Waals surface area contributed by atoms with Crippen LogP contribution in [0.4, 0.5) is 0 Å². The zero-order valence-corrected chi connectivity index (χ0v) is 8.39. The summed E-state index contributed by atoms with van der Waals surface area (Å²) in [4.78, 5) is 0. The van der Waals surface area contributed by atoms with Crippen LogP contribution in [0.25, 0.3) is 0 Å². The molecule has 0 nitrogen and oxygen atoms in total. The van der Waals surface area contributed by atoms with Crippen LogP contribution in [-0.2, 0) is 0 Å². The van der Waals surface area contributed by atoms with Crippen molar-refractivity contribution in [2.45, 2.75) is 19.6 Å². The Bertz CT molecular complexity index is 255. The van der Waals surface area contributed by atoms with Crippen LogP contribution in [0.2, 0.25) is 19.6 Å². The highest BCUT2D eigenvalue weighted by molar-refractivity contribution is 6.83. The molecule has 1 aliphatic carbocycles. The van der Waals surface area contributed by atoms with Crippen molar-refractivity contribution in [2.24, 2.45) is 0 Å². The highest BCUT2D eigenvalue weighted by Gasteiger charge is 2.16. The normalized spacial score (nSPS) is 16.5. The fourth-order valence-corrected chi connectivity index (χ4v) is 2.04. The van der Waals surface area contributed by atoms with Gasteiger partial charge in [0.15, 0.2) is 0 Å². The molecule has 0 bridgehead atoms. The Hall–Kier alpha value is -0.783. The van der Waals surface area contributed by atoms with E-state index in [4.69, 9.17) is 0 Å². The molecule has 1 aliphatic rings. The minimum atomic E-state index is -1.14. The smallest absolute Gasteiger partial charge is 0.0875 e. The van der Waals surface area contributed by atoms with E-state index in [0.717, 1.165) is 0 Å². The van der Waals surface area contributed by atoms with Gasteiger partial charge in [-0.2, -0.15) is 0 Å². The maximum absolute atomic E-state index is 3.30. The van der Waals surface area contributed by atoms with E-state index in [9.17, 15) is 0 Å². The van der Waals surface area contributed by atoms with Crippen LogP contribution in [0, 0.1) is 0 Å². The van der Waals surface area contributed by atoms with Gasteiger partial charge in [0.2, 0.25) is 0 Å². The van der Waals surface area contributed by atoms with Gasteiger partial charge in [-0.3, -0.25) is 0 Å². The van der Waals surface area contributed by atoms with Crippen molar-refractivity contribution < 1.29 is 0 Å². The molecule has 0 N–H and O–H groups in total. The zero-order valence-electron chi connectivity index (χ0n) is 7.39. The summed E-state index contributed by atoms with van der Waals surface area (Å²) in [6.07, 6.45) is 10.3. The molecule has 0 radical (unpaired) electrons. The Morgan fingerprint density at radius 2 is 1.82 bits per heavy atom. The topological polar surface area (TPSA) is 0 Å². The Labute approximate surface area is 69.6 Å². The van der Waals surface area contributed by atoms with Crippen LogP contribution in [0.1, 0.15) is 0 Å². The molecule has 0 atom stereocenters. The van der Waals surface area contributed by atoms with E-state index >= 15 is 0 Å². The van der Waals surface area contributed by atoms with Gasteiger partial charge in [-0.1, -0.05) is 43.9 Å². The van der Waals surface area contributed by atoms with Crippen LogP contribution in [0.15, 0.2) is 41.3 Å². The summed E-state index contributed by atoms with van der Waals surface area (Å²) in [6, 6.07) is 0. The number of allylic oxidation sites excluding steroid dienone is 5. The largest absolute Gasteiger partial charge is 0.122 e. The zero-order chi connectivity index (χ0) is 8.32. The lowest BCUT2D eigenvalue weighted by Crippen LogP contribution is -2.21. The molecular weight excluding hydrogens is 148 g/mol. The molecule has 0 heterocycles. The molecule has 11 heavy (non-hydrogen) atoms. The second-order valence-electron chi connectivity index (χ2n) is 3.72. The third kappa shape index (κ3) is 2.38. The van der Waals surface area contributed by atoms with Gasteiger partial charge in [0.05, 0.1) is 8.07 Å². The van der Waals surface area contributed by atoms with Gasteiger partial charge in [-0.25, -0.2) is 0 Å². The molecule has 0 amide bonds. The van der Waals surface area contributed by atoms with E-state index < -0.39 is 8.07 Å². The summed E-state index contributed by atoms with van der Waals surface area (Å²) in [5, 5.41) is 1.39. The molecule has 0 fully saturated rings. The van der Waals surface area contributed by atoms with Gasteiger partial charge < -0.3 is 0 Å². The van der Waals surface area contributed by atoms with E-state index in [1.807, 2.05) is 18.2 Å². The van der Waals surface area contributed by atoms with Crippen LogP contribution < -0.4 is 0 Å². The van der Waals surface area contributed by atoms with Gasteiger partial charge >= 0.3 is 0 Å². The van der Waals surface area contributed by atoms with Crippen LogP contribution in [0.5, 0.6) is 0 Å².